The molecule has 0 aliphatic carbocycles. The lowest BCUT2D eigenvalue weighted by Crippen LogP contribution is -2.23. The maximum absolute atomic E-state index is 13.2. The van der Waals surface area contributed by atoms with Gasteiger partial charge in [-0.3, -0.25) is 4.79 Å². The van der Waals surface area contributed by atoms with Crippen LogP contribution in [0.2, 0.25) is 5.02 Å². The summed E-state index contributed by atoms with van der Waals surface area (Å²) in [6.07, 6.45) is 0. The summed E-state index contributed by atoms with van der Waals surface area (Å²) in [5.41, 5.74) is 3.00. The van der Waals surface area contributed by atoms with E-state index in [4.69, 9.17) is 30.8 Å². The number of amides is 1. The van der Waals surface area contributed by atoms with Crippen molar-refractivity contribution in [3.8, 4) is 45.7 Å². The first-order valence-corrected chi connectivity index (χ1v) is 13.8. The van der Waals surface area contributed by atoms with Gasteiger partial charge in [0.1, 0.15) is 11.1 Å². The van der Waals surface area contributed by atoms with E-state index in [0.717, 1.165) is 17.3 Å². The molecule has 3 aromatic carbocycles. The molecular weight excluding hydrogens is 578 g/mol. The van der Waals surface area contributed by atoms with Crippen LogP contribution in [-0.4, -0.2) is 48.5 Å². The van der Waals surface area contributed by atoms with Crippen LogP contribution < -0.4 is 19.5 Å². The van der Waals surface area contributed by atoms with Gasteiger partial charge < -0.3 is 24.6 Å². The predicted octanol–water partition coefficient (Wildman–Crippen LogP) is 6.78. The van der Waals surface area contributed by atoms with Crippen LogP contribution in [0.15, 0.2) is 71.8 Å². The third-order valence-electron chi connectivity index (χ3n) is 6.27. The second kappa shape index (κ2) is 13.3. The Balaban J connectivity index is 1.79. The van der Waals surface area contributed by atoms with Crippen LogP contribution in [0.1, 0.15) is 22.8 Å². The van der Waals surface area contributed by atoms with Crippen LogP contribution in [-0.2, 0) is 4.79 Å². The molecule has 214 valence electrons. The van der Waals surface area contributed by atoms with Crippen molar-refractivity contribution in [3.63, 3.8) is 0 Å². The van der Waals surface area contributed by atoms with E-state index in [0.29, 0.717) is 39.1 Å². The van der Waals surface area contributed by atoms with Gasteiger partial charge in [0.25, 0.3) is 0 Å². The van der Waals surface area contributed by atoms with Gasteiger partial charge in [-0.15, -0.1) is 0 Å². The summed E-state index contributed by atoms with van der Waals surface area (Å²) in [5, 5.41) is 22.1. The number of benzene rings is 3. The Morgan fingerprint density at radius 1 is 0.976 bits per heavy atom. The van der Waals surface area contributed by atoms with Crippen molar-refractivity contribution in [2.45, 2.75) is 17.2 Å². The number of anilines is 1. The van der Waals surface area contributed by atoms with Crippen LogP contribution in [0.5, 0.6) is 17.2 Å². The zero-order valence-electron chi connectivity index (χ0n) is 23.1. The normalized spacial score (nSPS) is 11.2. The molecule has 0 aliphatic heterocycles. The van der Waals surface area contributed by atoms with Crippen molar-refractivity contribution in [2.75, 3.05) is 26.6 Å². The quantitative estimate of drug-likeness (QED) is 0.188. The fourth-order valence-electron chi connectivity index (χ4n) is 4.17. The Morgan fingerprint density at radius 2 is 1.64 bits per heavy atom. The molecule has 9 nitrogen and oxygen atoms in total. The summed E-state index contributed by atoms with van der Waals surface area (Å²) in [5.74, 6) is -0.381. The lowest BCUT2D eigenvalue weighted by Gasteiger charge is -2.18. The molecule has 11 heteroatoms. The number of hydrogen-bond donors (Lipinski definition) is 2. The summed E-state index contributed by atoms with van der Waals surface area (Å²) < 4.78 is 16.5. The minimum Gasteiger partial charge on any atom is -0.493 e. The Labute approximate surface area is 252 Å². The molecule has 0 saturated heterocycles. The van der Waals surface area contributed by atoms with E-state index in [-0.39, 0.29) is 21.8 Å². The van der Waals surface area contributed by atoms with Crippen molar-refractivity contribution >= 4 is 40.9 Å². The molecule has 1 unspecified atom stereocenters. The SMILES string of the molecule is COc1cc(-c2cc(-c3ccccc3)nc(SC(C)C(=O)Nc3ccc(Cl)c(C(=O)O)c3)c2C#N)cc(OC)c1OC. The molecule has 4 rings (SSSR count). The molecule has 0 spiro atoms. The highest BCUT2D eigenvalue weighted by molar-refractivity contribution is 8.00. The number of nitrogens with zero attached hydrogens (tertiary/aromatic N) is 2. The molecule has 1 aromatic heterocycles. The molecule has 1 amide bonds. The summed E-state index contributed by atoms with van der Waals surface area (Å²) in [4.78, 5) is 29.4. The molecule has 0 aliphatic rings. The van der Waals surface area contributed by atoms with Crippen LogP contribution in [0.4, 0.5) is 5.69 Å². The van der Waals surface area contributed by atoms with Gasteiger partial charge in [0.15, 0.2) is 11.5 Å². The van der Waals surface area contributed by atoms with Gasteiger partial charge >= 0.3 is 5.97 Å². The maximum Gasteiger partial charge on any atom is 0.337 e. The second-order valence-corrected chi connectivity index (χ2v) is 10.6. The van der Waals surface area contributed by atoms with Crippen molar-refractivity contribution in [1.29, 1.82) is 5.26 Å². The zero-order chi connectivity index (χ0) is 30.4. The summed E-state index contributed by atoms with van der Waals surface area (Å²) in [6.45, 7) is 1.67. The molecule has 2 N–H and O–H groups in total. The number of halogens is 1. The standard InChI is InChI=1S/C31H26ClN3O6S/c1-17(29(36)34-20-10-11-24(32)22(14-20)31(37)38)42-30-23(16-33)21(15-25(35-30)18-8-6-5-7-9-18)19-12-26(39-2)28(41-4)27(13-19)40-3/h5-15,17H,1-4H3,(H,34,36)(H,37,38). The molecule has 0 fully saturated rings. The topological polar surface area (TPSA) is 131 Å². The van der Waals surface area contributed by atoms with Crippen molar-refractivity contribution in [2.24, 2.45) is 0 Å². The lowest BCUT2D eigenvalue weighted by molar-refractivity contribution is -0.115. The summed E-state index contributed by atoms with van der Waals surface area (Å²) in [6, 6.07) is 21.2. The van der Waals surface area contributed by atoms with E-state index in [1.165, 1.54) is 39.5 Å². The summed E-state index contributed by atoms with van der Waals surface area (Å²) in [7, 11) is 4.53. The number of rotatable bonds is 10. The first kappa shape index (κ1) is 30.2. The van der Waals surface area contributed by atoms with Crippen LogP contribution in [0, 0.1) is 11.3 Å². The highest BCUT2D eigenvalue weighted by atomic mass is 35.5. The average Bonchev–Trinajstić information content (AvgIpc) is 3.00. The van der Waals surface area contributed by atoms with E-state index in [1.807, 2.05) is 36.4 Å². The van der Waals surface area contributed by atoms with E-state index >= 15 is 0 Å². The monoisotopic (exact) mass is 603 g/mol. The minimum absolute atomic E-state index is 0.0582. The number of carbonyl (C=O) groups excluding carboxylic acids is 1. The number of methoxy groups -OCH3 is 3. The number of nitrogens with one attached hydrogen (secondary N) is 1. The van der Waals surface area contributed by atoms with Gasteiger partial charge in [0, 0.05) is 16.8 Å². The molecular formula is C31H26ClN3O6S. The number of aromatic carboxylic acids is 1. The Hall–Kier alpha value is -4.72. The number of pyridine rings is 1. The van der Waals surface area contributed by atoms with Gasteiger partial charge in [0.2, 0.25) is 11.7 Å². The number of aromatic nitrogens is 1. The molecule has 42 heavy (non-hydrogen) atoms. The minimum atomic E-state index is -1.21. The number of nitriles is 1. The van der Waals surface area contributed by atoms with Gasteiger partial charge in [-0.25, -0.2) is 9.78 Å². The van der Waals surface area contributed by atoms with Gasteiger partial charge in [-0.2, -0.15) is 5.26 Å². The van der Waals surface area contributed by atoms with E-state index < -0.39 is 17.1 Å². The Kier molecular flexibility index (Phi) is 9.57. The van der Waals surface area contributed by atoms with Crippen molar-refractivity contribution < 1.29 is 28.9 Å². The molecule has 0 bridgehead atoms. The highest BCUT2D eigenvalue weighted by Gasteiger charge is 2.24. The fraction of sp³-hybridized carbons (Fsp3) is 0.161. The van der Waals surface area contributed by atoms with Crippen LogP contribution in [0.3, 0.4) is 0 Å². The van der Waals surface area contributed by atoms with Crippen molar-refractivity contribution in [3.05, 3.63) is 82.9 Å². The lowest BCUT2D eigenvalue weighted by atomic mass is 9.98. The molecule has 0 saturated carbocycles. The van der Waals surface area contributed by atoms with E-state index in [9.17, 15) is 20.0 Å². The van der Waals surface area contributed by atoms with E-state index in [2.05, 4.69) is 11.4 Å². The number of hydrogen-bond acceptors (Lipinski definition) is 8. The van der Waals surface area contributed by atoms with Gasteiger partial charge in [-0.1, -0.05) is 53.7 Å². The first-order valence-electron chi connectivity index (χ1n) is 12.5. The fourth-order valence-corrected chi connectivity index (χ4v) is 5.29. The maximum atomic E-state index is 13.2. The third-order valence-corrected chi connectivity index (χ3v) is 7.68. The van der Waals surface area contributed by atoms with Crippen LogP contribution in [0.25, 0.3) is 22.4 Å². The first-order chi connectivity index (χ1) is 20.2. The highest BCUT2D eigenvalue weighted by Crippen LogP contribution is 2.44. The molecule has 1 atom stereocenters. The molecule has 4 aromatic rings. The smallest absolute Gasteiger partial charge is 0.337 e. The Morgan fingerprint density at radius 3 is 2.21 bits per heavy atom. The van der Waals surface area contributed by atoms with Crippen LogP contribution >= 0.6 is 23.4 Å². The average molecular weight is 604 g/mol. The van der Waals surface area contributed by atoms with Gasteiger partial charge in [0.05, 0.1) is 48.4 Å². The Bertz CT molecular complexity index is 1670. The second-order valence-electron chi connectivity index (χ2n) is 8.88. The number of carboxylic acid groups (broad SMARTS) is 1. The van der Waals surface area contributed by atoms with Crippen molar-refractivity contribution in [1.82, 2.24) is 4.98 Å². The van der Waals surface area contributed by atoms with E-state index in [1.54, 1.807) is 19.1 Å². The predicted molar refractivity (Wildman–Crippen MR) is 162 cm³/mol. The third kappa shape index (κ3) is 6.43. The number of ether oxygens (including phenoxy) is 3. The molecule has 1 heterocycles. The summed E-state index contributed by atoms with van der Waals surface area (Å²) >= 11 is 7.06. The molecule has 0 radical (unpaired) electrons. The number of carbonyl (C=O) groups is 2. The van der Waals surface area contributed by atoms with Gasteiger partial charge in [-0.05, 0) is 48.9 Å². The number of thioether (sulfide) groups is 1. The zero-order valence-corrected chi connectivity index (χ0v) is 24.7. The number of carboxylic acids is 1. The largest absolute Gasteiger partial charge is 0.493 e.